The van der Waals surface area contributed by atoms with Crippen molar-refractivity contribution < 1.29 is 23.4 Å². The highest BCUT2D eigenvalue weighted by atomic mass is 19.1. The summed E-state index contributed by atoms with van der Waals surface area (Å²) in [5, 5.41) is 2.46. The van der Waals surface area contributed by atoms with Gasteiger partial charge in [-0.05, 0) is 19.9 Å². The second-order valence-corrected chi connectivity index (χ2v) is 5.43. The molecule has 0 aromatic carbocycles. The number of ether oxygens (including phenoxy) is 3. The summed E-state index contributed by atoms with van der Waals surface area (Å²) in [5.41, 5.74) is 0.491. The van der Waals surface area contributed by atoms with Crippen LogP contribution in [-0.4, -0.2) is 63.0 Å². The van der Waals surface area contributed by atoms with E-state index in [1.807, 2.05) is 4.90 Å². The predicted molar refractivity (Wildman–Crippen MR) is 78.6 cm³/mol. The fourth-order valence-electron chi connectivity index (χ4n) is 2.46. The van der Waals surface area contributed by atoms with E-state index in [0.29, 0.717) is 44.3 Å². The molecule has 22 heavy (non-hydrogen) atoms. The molecule has 7 heteroatoms. The molecule has 124 valence electrons. The van der Waals surface area contributed by atoms with Gasteiger partial charge in [0, 0.05) is 19.6 Å². The smallest absolute Gasteiger partial charge is 0.283 e. The first-order chi connectivity index (χ1) is 10.5. The molecule has 2 aliphatic heterocycles. The van der Waals surface area contributed by atoms with Gasteiger partial charge in [-0.25, -0.2) is 4.39 Å². The van der Waals surface area contributed by atoms with Gasteiger partial charge in [-0.3, -0.25) is 9.69 Å². The molecular weight excluding hydrogens is 291 g/mol. The number of carbonyl (C=O) groups excluding carboxylic acids is 1. The van der Waals surface area contributed by atoms with Gasteiger partial charge in [0.25, 0.3) is 5.91 Å². The van der Waals surface area contributed by atoms with E-state index in [1.165, 1.54) is 13.2 Å². The fourth-order valence-corrected chi connectivity index (χ4v) is 2.46. The monoisotopic (exact) mass is 314 g/mol. The molecule has 0 radical (unpaired) electrons. The zero-order valence-electron chi connectivity index (χ0n) is 13.2. The second-order valence-electron chi connectivity index (χ2n) is 5.43. The molecule has 0 saturated carbocycles. The number of nitrogens with zero attached hydrogens (tertiary/aromatic N) is 1. The Hall–Kier alpha value is -1.44. The highest BCUT2D eigenvalue weighted by molar-refractivity contribution is 5.92. The summed E-state index contributed by atoms with van der Waals surface area (Å²) in [4.78, 5) is 13.7. The summed E-state index contributed by atoms with van der Waals surface area (Å²) in [6, 6.07) is 0. The molecule has 6 nitrogen and oxygen atoms in total. The van der Waals surface area contributed by atoms with Crippen molar-refractivity contribution in [3.05, 3.63) is 23.4 Å². The number of amides is 1. The van der Waals surface area contributed by atoms with Gasteiger partial charge in [0.2, 0.25) is 0 Å². The molecule has 2 unspecified atom stereocenters. The van der Waals surface area contributed by atoms with Gasteiger partial charge in [-0.2, -0.15) is 0 Å². The molecular formula is C15H23FN2O4. The molecule has 0 aromatic heterocycles. The number of hydrogen-bond donors (Lipinski definition) is 1. The van der Waals surface area contributed by atoms with Gasteiger partial charge < -0.3 is 19.5 Å². The Bertz CT molecular complexity index is 464. The maximum Gasteiger partial charge on any atom is 0.283 e. The molecule has 1 N–H and O–H groups in total. The number of allylic oxidation sites excluding steroid dienone is 2. The van der Waals surface area contributed by atoms with Crippen LogP contribution in [0.3, 0.4) is 0 Å². The van der Waals surface area contributed by atoms with Crippen LogP contribution < -0.4 is 5.32 Å². The van der Waals surface area contributed by atoms with E-state index in [0.717, 1.165) is 0 Å². The zero-order valence-corrected chi connectivity index (χ0v) is 13.2. The molecule has 0 aromatic rings. The zero-order chi connectivity index (χ0) is 16.1. The molecule has 2 saturated heterocycles. The number of nitrogens with one attached hydrogen (secondary N) is 1. The largest absolute Gasteiger partial charge is 0.500 e. The number of rotatable bonds is 5. The van der Waals surface area contributed by atoms with Crippen molar-refractivity contribution in [3.63, 3.8) is 0 Å². The summed E-state index contributed by atoms with van der Waals surface area (Å²) in [6.45, 7) is 6.30. The van der Waals surface area contributed by atoms with Gasteiger partial charge in [-0.15, -0.1) is 0 Å². The van der Waals surface area contributed by atoms with Crippen LogP contribution in [0.2, 0.25) is 0 Å². The molecule has 0 aliphatic carbocycles. The van der Waals surface area contributed by atoms with Crippen LogP contribution in [0.25, 0.3) is 0 Å². The van der Waals surface area contributed by atoms with Crippen LogP contribution in [0.5, 0.6) is 0 Å². The number of fused-ring (bicyclic) bond motifs is 1. The van der Waals surface area contributed by atoms with Crippen molar-refractivity contribution in [2.75, 3.05) is 40.0 Å². The normalized spacial score (nSPS) is 27.2. The van der Waals surface area contributed by atoms with Crippen molar-refractivity contribution in [1.29, 1.82) is 0 Å². The van der Waals surface area contributed by atoms with Gasteiger partial charge in [0.15, 0.2) is 5.83 Å². The standard InChI is InChI=1S/C15H23FN2O4/c1-10(11(2)20-3)17-15(19)12(16)4-5-18-8-13-14(9-18)22-7-6-21-13/h4,13-14H,5-9H2,1-3H3,(H,17,19). The van der Waals surface area contributed by atoms with Crippen molar-refractivity contribution >= 4 is 5.91 Å². The molecule has 2 heterocycles. The molecule has 2 rings (SSSR count). The summed E-state index contributed by atoms with van der Waals surface area (Å²) in [7, 11) is 1.49. The van der Waals surface area contributed by atoms with Gasteiger partial charge in [0.05, 0.1) is 38.2 Å². The van der Waals surface area contributed by atoms with Crippen molar-refractivity contribution in [2.45, 2.75) is 26.1 Å². The first kappa shape index (κ1) is 16.9. The molecule has 0 spiro atoms. The van der Waals surface area contributed by atoms with Gasteiger partial charge in [-0.1, -0.05) is 0 Å². The SMILES string of the molecule is COC(C)=C(C)NC(=O)C(F)=CCN1CC2OCCOC2C1. The summed E-state index contributed by atoms with van der Waals surface area (Å²) < 4.78 is 30.0. The van der Waals surface area contributed by atoms with Crippen LogP contribution in [0.15, 0.2) is 23.4 Å². The minimum Gasteiger partial charge on any atom is -0.500 e. The number of halogens is 1. The minimum atomic E-state index is -0.806. The number of methoxy groups -OCH3 is 1. The average Bonchev–Trinajstić information content (AvgIpc) is 2.94. The Morgan fingerprint density at radius 1 is 1.32 bits per heavy atom. The van der Waals surface area contributed by atoms with Crippen LogP contribution >= 0.6 is 0 Å². The summed E-state index contributed by atoms with van der Waals surface area (Å²) in [5.74, 6) is -1.03. The lowest BCUT2D eigenvalue weighted by molar-refractivity contribution is -0.118. The van der Waals surface area contributed by atoms with Crippen LogP contribution in [0.1, 0.15) is 13.8 Å². The number of carbonyl (C=O) groups is 1. The first-order valence-electron chi connectivity index (χ1n) is 7.35. The Balaban J connectivity index is 1.83. The lowest BCUT2D eigenvalue weighted by Crippen LogP contribution is -2.36. The van der Waals surface area contributed by atoms with Crippen LogP contribution in [-0.2, 0) is 19.0 Å². The third-order valence-electron chi connectivity index (χ3n) is 3.92. The van der Waals surface area contributed by atoms with Gasteiger partial charge in [0.1, 0.15) is 5.76 Å². The molecule has 2 atom stereocenters. The minimum absolute atomic E-state index is 0.0496. The molecule has 0 bridgehead atoms. The first-order valence-corrected chi connectivity index (χ1v) is 7.35. The third-order valence-corrected chi connectivity index (χ3v) is 3.92. The number of hydrogen-bond acceptors (Lipinski definition) is 5. The highest BCUT2D eigenvalue weighted by Gasteiger charge is 2.36. The quantitative estimate of drug-likeness (QED) is 0.605. The Labute approximate surface area is 129 Å². The lowest BCUT2D eigenvalue weighted by Gasteiger charge is -2.24. The van der Waals surface area contributed by atoms with E-state index >= 15 is 0 Å². The van der Waals surface area contributed by atoms with Crippen molar-refractivity contribution in [1.82, 2.24) is 10.2 Å². The fraction of sp³-hybridized carbons (Fsp3) is 0.667. The Morgan fingerprint density at radius 3 is 2.45 bits per heavy atom. The predicted octanol–water partition coefficient (Wildman–Crippen LogP) is 0.953. The Kier molecular flexibility index (Phi) is 5.93. The van der Waals surface area contributed by atoms with E-state index in [-0.39, 0.29) is 12.2 Å². The van der Waals surface area contributed by atoms with Crippen LogP contribution in [0, 0.1) is 0 Å². The lowest BCUT2D eigenvalue weighted by atomic mass is 10.2. The molecule has 1 amide bonds. The van der Waals surface area contributed by atoms with E-state index in [2.05, 4.69) is 5.32 Å². The van der Waals surface area contributed by atoms with Crippen LogP contribution in [0.4, 0.5) is 4.39 Å². The van der Waals surface area contributed by atoms with E-state index in [4.69, 9.17) is 14.2 Å². The van der Waals surface area contributed by atoms with E-state index in [9.17, 15) is 9.18 Å². The summed E-state index contributed by atoms with van der Waals surface area (Å²) in [6.07, 6.45) is 1.38. The highest BCUT2D eigenvalue weighted by Crippen LogP contribution is 2.20. The topological polar surface area (TPSA) is 60.0 Å². The number of likely N-dealkylation sites (tertiary alicyclic amines) is 1. The van der Waals surface area contributed by atoms with E-state index < -0.39 is 11.7 Å². The maximum absolute atomic E-state index is 13.8. The summed E-state index contributed by atoms with van der Waals surface area (Å²) >= 11 is 0. The molecule has 2 aliphatic rings. The van der Waals surface area contributed by atoms with Crippen molar-refractivity contribution in [2.24, 2.45) is 0 Å². The Morgan fingerprint density at radius 2 is 1.91 bits per heavy atom. The van der Waals surface area contributed by atoms with E-state index in [1.54, 1.807) is 13.8 Å². The molecule has 2 fully saturated rings. The third kappa shape index (κ3) is 4.28. The van der Waals surface area contributed by atoms with Crippen molar-refractivity contribution in [3.8, 4) is 0 Å². The average molecular weight is 314 g/mol. The maximum atomic E-state index is 13.8. The second kappa shape index (κ2) is 7.71. The van der Waals surface area contributed by atoms with Gasteiger partial charge >= 0.3 is 0 Å².